The number of nitrogens with zero attached hydrogens (tertiary/aromatic N) is 1. The second kappa shape index (κ2) is 6.07. The SMILES string of the molecule is CC(C)n1c(=O)[nH]c2c(c1=O)C[C@H](F)[C@H](c1cc(C3CC3)ccc1F)N2. The normalized spacial score (nSPS) is 22.2. The first-order valence-corrected chi connectivity index (χ1v) is 8.94. The van der Waals surface area contributed by atoms with Crippen LogP contribution < -0.4 is 16.6 Å². The molecule has 0 bridgehead atoms. The Kier molecular flexibility index (Phi) is 3.97. The predicted octanol–water partition coefficient (Wildman–Crippen LogP) is 3.18. The maximum absolute atomic E-state index is 14.9. The van der Waals surface area contributed by atoms with E-state index in [1.54, 1.807) is 26.0 Å². The van der Waals surface area contributed by atoms with Crippen LogP contribution in [0.3, 0.4) is 0 Å². The predicted molar refractivity (Wildman–Crippen MR) is 95.0 cm³/mol. The Balaban J connectivity index is 1.76. The standard InChI is InChI=1S/C19H21F2N3O2/c1-9(2)24-18(25)13-8-15(21)16(22-17(13)23-19(24)26)12-7-11(10-3-4-10)5-6-14(12)20/h5-7,9-10,15-16,22H,3-4,8H2,1-2H3,(H,23,26)/t15-,16-/m0/s1. The summed E-state index contributed by atoms with van der Waals surface area (Å²) < 4.78 is 30.3. The lowest BCUT2D eigenvalue weighted by molar-refractivity contribution is 0.280. The number of anilines is 1. The highest BCUT2D eigenvalue weighted by molar-refractivity contribution is 5.50. The van der Waals surface area contributed by atoms with Gasteiger partial charge in [-0.1, -0.05) is 12.1 Å². The van der Waals surface area contributed by atoms with E-state index in [9.17, 15) is 18.4 Å². The van der Waals surface area contributed by atoms with Gasteiger partial charge in [0.1, 0.15) is 17.8 Å². The van der Waals surface area contributed by atoms with Gasteiger partial charge in [0.05, 0.1) is 11.6 Å². The van der Waals surface area contributed by atoms with Crippen molar-refractivity contribution < 1.29 is 8.78 Å². The fourth-order valence-corrected chi connectivity index (χ4v) is 3.67. The first-order valence-electron chi connectivity index (χ1n) is 8.94. The van der Waals surface area contributed by atoms with Gasteiger partial charge in [0, 0.05) is 18.0 Å². The zero-order valence-electron chi connectivity index (χ0n) is 14.7. The van der Waals surface area contributed by atoms with Gasteiger partial charge in [-0.3, -0.25) is 14.3 Å². The van der Waals surface area contributed by atoms with Crippen molar-refractivity contribution in [1.29, 1.82) is 0 Å². The Labute approximate surface area is 149 Å². The lowest BCUT2D eigenvalue weighted by atomic mass is 9.92. The van der Waals surface area contributed by atoms with Crippen LogP contribution in [0, 0.1) is 5.82 Å². The summed E-state index contributed by atoms with van der Waals surface area (Å²) in [6.45, 7) is 3.43. The summed E-state index contributed by atoms with van der Waals surface area (Å²) in [6.07, 6.45) is 0.494. The molecule has 1 aromatic carbocycles. The second-order valence-corrected chi connectivity index (χ2v) is 7.45. The third-order valence-corrected chi connectivity index (χ3v) is 5.21. The molecule has 26 heavy (non-hydrogen) atoms. The van der Waals surface area contributed by atoms with E-state index < -0.39 is 29.3 Å². The van der Waals surface area contributed by atoms with E-state index in [4.69, 9.17) is 0 Å². The van der Waals surface area contributed by atoms with Gasteiger partial charge in [-0.05, 0) is 44.2 Å². The molecule has 5 nitrogen and oxygen atoms in total. The Morgan fingerprint density at radius 3 is 2.62 bits per heavy atom. The summed E-state index contributed by atoms with van der Waals surface area (Å²) in [4.78, 5) is 27.4. The monoisotopic (exact) mass is 361 g/mol. The minimum absolute atomic E-state index is 0.164. The van der Waals surface area contributed by atoms with Gasteiger partial charge in [0.15, 0.2) is 0 Å². The molecule has 0 unspecified atom stereocenters. The van der Waals surface area contributed by atoms with Gasteiger partial charge >= 0.3 is 5.69 Å². The molecule has 7 heteroatoms. The number of hydrogen-bond acceptors (Lipinski definition) is 3. The highest BCUT2D eigenvalue weighted by atomic mass is 19.1. The summed E-state index contributed by atoms with van der Waals surface area (Å²) >= 11 is 0. The number of halogens is 2. The van der Waals surface area contributed by atoms with Gasteiger partial charge in [-0.25, -0.2) is 13.6 Å². The van der Waals surface area contributed by atoms with Crippen molar-refractivity contribution in [3.8, 4) is 0 Å². The van der Waals surface area contributed by atoms with Crippen molar-refractivity contribution in [3.05, 3.63) is 61.5 Å². The zero-order valence-corrected chi connectivity index (χ0v) is 14.7. The molecule has 1 saturated carbocycles. The van der Waals surface area contributed by atoms with Crippen molar-refractivity contribution >= 4 is 5.82 Å². The maximum Gasteiger partial charge on any atom is 0.330 e. The molecule has 2 heterocycles. The number of benzene rings is 1. The smallest absolute Gasteiger partial charge is 0.330 e. The fraction of sp³-hybridized carbons (Fsp3) is 0.474. The minimum atomic E-state index is -1.47. The molecule has 2 N–H and O–H groups in total. The average molecular weight is 361 g/mol. The van der Waals surface area contributed by atoms with Gasteiger partial charge in [-0.15, -0.1) is 0 Å². The van der Waals surface area contributed by atoms with Crippen molar-refractivity contribution in [1.82, 2.24) is 9.55 Å². The molecule has 2 aromatic rings. The van der Waals surface area contributed by atoms with Gasteiger partial charge in [-0.2, -0.15) is 0 Å². The van der Waals surface area contributed by atoms with E-state index in [1.165, 1.54) is 6.07 Å². The molecular weight excluding hydrogens is 340 g/mol. The van der Waals surface area contributed by atoms with Gasteiger partial charge in [0.25, 0.3) is 5.56 Å². The summed E-state index contributed by atoms with van der Waals surface area (Å²) in [5.74, 6) is 0.115. The summed E-state index contributed by atoms with van der Waals surface area (Å²) in [5, 5.41) is 2.85. The number of hydrogen-bond donors (Lipinski definition) is 2. The minimum Gasteiger partial charge on any atom is -0.361 e. The molecule has 1 aliphatic heterocycles. The quantitative estimate of drug-likeness (QED) is 0.882. The Morgan fingerprint density at radius 2 is 1.96 bits per heavy atom. The summed E-state index contributed by atoms with van der Waals surface area (Å²) in [5.41, 5.74) is 0.381. The van der Waals surface area contributed by atoms with E-state index in [0.717, 1.165) is 23.0 Å². The molecule has 0 saturated heterocycles. The fourth-order valence-electron chi connectivity index (χ4n) is 3.67. The van der Waals surface area contributed by atoms with E-state index >= 15 is 0 Å². The van der Waals surface area contributed by atoms with E-state index in [1.807, 2.05) is 0 Å². The molecule has 2 atom stereocenters. The maximum atomic E-state index is 14.9. The summed E-state index contributed by atoms with van der Waals surface area (Å²) in [6, 6.07) is 3.54. The highest BCUT2D eigenvalue weighted by Crippen LogP contribution is 2.42. The summed E-state index contributed by atoms with van der Waals surface area (Å²) in [7, 11) is 0. The Hall–Kier alpha value is -2.44. The lowest BCUT2D eigenvalue weighted by Crippen LogP contribution is -2.43. The Morgan fingerprint density at radius 1 is 1.23 bits per heavy atom. The number of nitrogens with one attached hydrogen (secondary N) is 2. The molecule has 1 aromatic heterocycles. The van der Waals surface area contributed by atoms with E-state index in [2.05, 4.69) is 10.3 Å². The average Bonchev–Trinajstić information content (AvgIpc) is 3.40. The number of H-pyrrole nitrogens is 1. The van der Waals surface area contributed by atoms with Crippen LogP contribution in [-0.4, -0.2) is 15.7 Å². The van der Waals surface area contributed by atoms with Crippen LogP contribution in [0.25, 0.3) is 0 Å². The van der Waals surface area contributed by atoms with Crippen LogP contribution in [0.2, 0.25) is 0 Å². The van der Waals surface area contributed by atoms with Crippen LogP contribution in [0.1, 0.15) is 61.4 Å². The highest BCUT2D eigenvalue weighted by Gasteiger charge is 2.35. The van der Waals surface area contributed by atoms with Crippen LogP contribution in [0.5, 0.6) is 0 Å². The third-order valence-electron chi connectivity index (χ3n) is 5.21. The molecular formula is C19H21F2N3O2. The molecule has 1 aliphatic carbocycles. The van der Waals surface area contributed by atoms with Crippen LogP contribution in [-0.2, 0) is 6.42 Å². The third kappa shape index (κ3) is 2.75. The molecule has 138 valence electrons. The topological polar surface area (TPSA) is 66.9 Å². The number of aromatic amines is 1. The van der Waals surface area contributed by atoms with E-state index in [0.29, 0.717) is 5.92 Å². The molecule has 0 spiro atoms. The van der Waals surface area contributed by atoms with Crippen LogP contribution in [0.15, 0.2) is 27.8 Å². The van der Waals surface area contributed by atoms with Crippen LogP contribution in [0.4, 0.5) is 14.6 Å². The first kappa shape index (κ1) is 17.0. The zero-order chi connectivity index (χ0) is 18.6. The molecule has 0 amide bonds. The lowest BCUT2D eigenvalue weighted by Gasteiger charge is -2.30. The van der Waals surface area contributed by atoms with Crippen molar-refractivity contribution in [3.63, 3.8) is 0 Å². The molecule has 2 aliphatic rings. The molecule has 1 fully saturated rings. The van der Waals surface area contributed by atoms with Crippen molar-refractivity contribution in [2.75, 3.05) is 5.32 Å². The second-order valence-electron chi connectivity index (χ2n) is 7.45. The van der Waals surface area contributed by atoms with Gasteiger partial charge in [0.2, 0.25) is 0 Å². The van der Waals surface area contributed by atoms with Crippen molar-refractivity contribution in [2.45, 2.75) is 57.3 Å². The number of rotatable bonds is 3. The number of fused-ring (bicyclic) bond motifs is 1. The Bertz CT molecular complexity index is 976. The molecule has 0 radical (unpaired) electrons. The van der Waals surface area contributed by atoms with Crippen molar-refractivity contribution in [2.24, 2.45) is 0 Å². The van der Waals surface area contributed by atoms with Gasteiger partial charge < -0.3 is 5.32 Å². The molecule has 4 rings (SSSR count). The van der Waals surface area contributed by atoms with Crippen LogP contribution >= 0.6 is 0 Å². The van der Waals surface area contributed by atoms with E-state index in [-0.39, 0.29) is 29.4 Å². The first-order chi connectivity index (χ1) is 12.4. The largest absolute Gasteiger partial charge is 0.361 e. The number of alkyl halides is 1. The number of aromatic nitrogens is 2.